The van der Waals surface area contributed by atoms with Crippen molar-refractivity contribution in [2.45, 2.75) is 82.7 Å². The Balaban J connectivity index is 1.94. The van der Waals surface area contributed by atoms with E-state index in [2.05, 4.69) is 19.1 Å². The van der Waals surface area contributed by atoms with Crippen LogP contribution in [0.15, 0.2) is 12.2 Å². The largest absolute Gasteiger partial charge is 0.388 e. The SMILES string of the molecule is CCCCCCCC/C=C/CCOC[C@H]1OC[C@H](O)[C@@H](O)[C@@H]1O. The molecule has 0 spiro atoms. The van der Waals surface area contributed by atoms with Crippen LogP contribution in [0.5, 0.6) is 0 Å². The predicted octanol–water partition coefficient (Wildman–Crippen LogP) is 2.18. The van der Waals surface area contributed by atoms with Gasteiger partial charge in [-0.15, -0.1) is 0 Å². The average Bonchev–Trinajstić information content (AvgIpc) is 2.55. The molecule has 1 heterocycles. The first-order valence-corrected chi connectivity index (χ1v) is 9.05. The zero-order valence-corrected chi connectivity index (χ0v) is 14.4. The maximum atomic E-state index is 9.76. The Labute approximate surface area is 140 Å². The molecule has 1 aliphatic rings. The van der Waals surface area contributed by atoms with E-state index in [-0.39, 0.29) is 13.2 Å². The minimum atomic E-state index is -1.16. The van der Waals surface area contributed by atoms with Gasteiger partial charge < -0.3 is 24.8 Å². The summed E-state index contributed by atoms with van der Waals surface area (Å²) in [5.74, 6) is 0. The van der Waals surface area contributed by atoms with Crippen LogP contribution in [0, 0.1) is 0 Å². The molecular formula is C18H34O5. The third-order valence-electron chi connectivity index (χ3n) is 4.21. The van der Waals surface area contributed by atoms with E-state index in [1.54, 1.807) is 0 Å². The fraction of sp³-hybridized carbons (Fsp3) is 0.889. The molecule has 4 atom stereocenters. The number of hydrogen-bond donors (Lipinski definition) is 3. The predicted molar refractivity (Wildman–Crippen MR) is 90.3 cm³/mol. The van der Waals surface area contributed by atoms with Gasteiger partial charge in [-0.05, 0) is 19.3 Å². The Bertz CT molecular complexity index is 308. The van der Waals surface area contributed by atoms with Crippen molar-refractivity contribution in [2.24, 2.45) is 0 Å². The molecule has 0 aromatic carbocycles. The number of unbranched alkanes of at least 4 members (excludes halogenated alkanes) is 6. The third-order valence-corrected chi connectivity index (χ3v) is 4.21. The van der Waals surface area contributed by atoms with Crippen molar-refractivity contribution in [1.82, 2.24) is 0 Å². The van der Waals surface area contributed by atoms with Gasteiger partial charge in [0.15, 0.2) is 0 Å². The normalized spacial score (nSPS) is 28.5. The molecular weight excluding hydrogens is 296 g/mol. The molecule has 3 N–H and O–H groups in total. The molecule has 0 radical (unpaired) electrons. The second kappa shape index (κ2) is 12.9. The quantitative estimate of drug-likeness (QED) is 0.377. The van der Waals surface area contributed by atoms with Gasteiger partial charge in [0.25, 0.3) is 0 Å². The lowest BCUT2D eigenvalue weighted by Crippen LogP contribution is -2.54. The van der Waals surface area contributed by atoms with Gasteiger partial charge in [0.1, 0.15) is 24.4 Å². The summed E-state index contributed by atoms with van der Waals surface area (Å²) in [6.45, 7) is 3.07. The molecule has 136 valence electrons. The van der Waals surface area contributed by atoms with E-state index in [9.17, 15) is 15.3 Å². The smallest absolute Gasteiger partial charge is 0.111 e. The minimum absolute atomic E-state index is 0.0322. The maximum absolute atomic E-state index is 9.76. The molecule has 0 bridgehead atoms. The van der Waals surface area contributed by atoms with Crippen LogP contribution in [0.25, 0.3) is 0 Å². The highest BCUT2D eigenvalue weighted by Gasteiger charge is 2.37. The second-order valence-corrected chi connectivity index (χ2v) is 6.31. The van der Waals surface area contributed by atoms with Crippen molar-refractivity contribution in [3.8, 4) is 0 Å². The number of hydrogen-bond acceptors (Lipinski definition) is 5. The molecule has 0 aromatic rings. The van der Waals surface area contributed by atoms with E-state index in [4.69, 9.17) is 9.47 Å². The Hall–Kier alpha value is -0.460. The monoisotopic (exact) mass is 330 g/mol. The molecule has 0 aromatic heterocycles. The van der Waals surface area contributed by atoms with Gasteiger partial charge in [-0.3, -0.25) is 0 Å². The van der Waals surface area contributed by atoms with Crippen LogP contribution >= 0.6 is 0 Å². The molecule has 1 aliphatic heterocycles. The molecule has 1 fully saturated rings. The molecule has 1 saturated heterocycles. The number of allylic oxidation sites excluding steroid dienone is 1. The van der Waals surface area contributed by atoms with E-state index in [1.807, 2.05) is 0 Å². The first kappa shape index (κ1) is 20.6. The Morgan fingerprint density at radius 2 is 1.65 bits per heavy atom. The number of aliphatic hydroxyl groups is 3. The molecule has 5 nitrogen and oxygen atoms in total. The summed E-state index contributed by atoms with van der Waals surface area (Å²) in [5, 5.41) is 28.7. The van der Waals surface area contributed by atoms with E-state index in [1.165, 1.54) is 38.5 Å². The van der Waals surface area contributed by atoms with Crippen LogP contribution in [-0.2, 0) is 9.47 Å². The van der Waals surface area contributed by atoms with Gasteiger partial charge in [0, 0.05) is 0 Å². The summed E-state index contributed by atoms with van der Waals surface area (Å²) in [6, 6.07) is 0. The summed E-state index contributed by atoms with van der Waals surface area (Å²) in [4.78, 5) is 0. The first-order chi connectivity index (χ1) is 11.2. The standard InChI is InChI=1S/C18H34O5/c1-2-3-4-5-6-7-8-9-10-11-12-22-14-16-18(21)17(20)15(19)13-23-16/h9-10,15-21H,2-8,11-14H2,1H3/b10-9+/t15-,16+,17+,18+/m0/s1. The summed E-state index contributed by atoms with van der Waals surface area (Å²) < 4.78 is 10.7. The first-order valence-electron chi connectivity index (χ1n) is 9.05. The Kier molecular flexibility index (Phi) is 11.5. The highest BCUT2D eigenvalue weighted by atomic mass is 16.6. The summed E-state index contributed by atoms with van der Waals surface area (Å²) in [6.07, 6.45) is 10.4. The Morgan fingerprint density at radius 1 is 0.957 bits per heavy atom. The topological polar surface area (TPSA) is 79.2 Å². The van der Waals surface area contributed by atoms with Crippen molar-refractivity contribution in [1.29, 1.82) is 0 Å². The van der Waals surface area contributed by atoms with E-state index < -0.39 is 24.4 Å². The molecule has 0 amide bonds. The molecule has 0 aliphatic carbocycles. The lowest BCUT2D eigenvalue weighted by Gasteiger charge is -2.35. The molecule has 0 unspecified atom stereocenters. The molecule has 0 saturated carbocycles. The molecule has 1 rings (SSSR count). The zero-order valence-electron chi connectivity index (χ0n) is 14.4. The van der Waals surface area contributed by atoms with Gasteiger partial charge in [0.05, 0.1) is 19.8 Å². The highest BCUT2D eigenvalue weighted by Crippen LogP contribution is 2.15. The minimum Gasteiger partial charge on any atom is -0.388 e. The number of rotatable bonds is 12. The van der Waals surface area contributed by atoms with Gasteiger partial charge >= 0.3 is 0 Å². The van der Waals surface area contributed by atoms with Gasteiger partial charge in [-0.1, -0.05) is 51.2 Å². The van der Waals surface area contributed by atoms with Crippen molar-refractivity contribution < 1.29 is 24.8 Å². The van der Waals surface area contributed by atoms with Crippen LogP contribution in [0.3, 0.4) is 0 Å². The summed E-state index contributed by atoms with van der Waals surface area (Å²) in [5.41, 5.74) is 0. The molecule has 23 heavy (non-hydrogen) atoms. The lowest BCUT2D eigenvalue weighted by atomic mass is 10.0. The second-order valence-electron chi connectivity index (χ2n) is 6.31. The lowest BCUT2D eigenvalue weighted by molar-refractivity contribution is -0.199. The zero-order chi connectivity index (χ0) is 16.9. The van der Waals surface area contributed by atoms with Crippen LogP contribution in [0.2, 0.25) is 0 Å². The van der Waals surface area contributed by atoms with Crippen LogP contribution in [0.4, 0.5) is 0 Å². The highest BCUT2D eigenvalue weighted by molar-refractivity contribution is 4.86. The fourth-order valence-corrected chi connectivity index (χ4v) is 2.64. The van der Waals surface area contributed by atoms with Gasteiger partial charge in [-0.25, -0.2) is 0 Å². The van der Waals surface area contributed by atoms with Gasteiger partial charge in [-0.2, -0.15) is 0 Å². The molecule has 5 heteroatoms. The van der Waals surface area contributed by atoms with E-state index in [0.717, 1.165) is 12.8 Å². The van der Waals surface area contributed by atoms with Crippen molar-refractivity contribution in [2.75, 3.05) is 19.8 Å². The van der Waals surface area contributed by atoms with Crippen molar-refractivity contribution in [3.63, 3.8) is 0 Å². The van der Waals surface area contributed by atoms with E-state index in [0.29, 0.717) is 6.61 Å². The maximum Gasteiger partial charge on any atom is 0.111 e. The summed E-state index contributed by atoms with van der Waals surface area (Å²) in [7, 11) is 0. The number of ether oxygens (including phenoxy) is 2. The van der Waals surface area contributed by atoms with Crippen LogP contribution < -0.4 is 0 Å². The van der Waals surface area contributed by atoms with Crippen LogP contribution in [0.1, 0.15) is 58.3 Å². The average molecular weight is 330 g/mol. The van der Waals surface area contributed by atoms with E-state index >= 15 is 0 Å². The van der Waals surface area contributed by atoms with Gasteiger partial charge in [0.2, 0.25) is 0 Å². The van der Waals surface area contributed by atoms with Crippen molar-refractivity contribution >= 4 is 0 Å². The number of aliphatic hydroxyl groups excluding tert-OH is 3. The fourth-order valence-electron chi connectivity index (χ4n) is 2.64. The Morgan fingerprint density at radius 3 is 2.43 bits per heavy atom. The third kappa shape index (κ3) is 8.82. The van der Waals surface area contributed by atoms with Crippen molar-refractivity contribution in [3.05, 3.63) is 12.2 Å². The van der Waals surface area contributed by atoms with Crippen LogP contribution in [-0.4, -0.2) is 59.6 Å². The summed E-state index contributed by atoms with van der Waals surface area (Å²) >= 11 is 0.